The van der Waals surface area contributed by atoms with Crippen LogP contribution in [0.25, 0.3) is 0 Å². The van der Waals surface area contributed by atoms with Crippen molar-refractivity contribution >= 4 is 5.69 Å². The molecule has 0 amide bonds. The van der Waals surface area contributed by atoms with Crippen molar-refractivity contribution in [2.75, 3.05) is 11.9 Å². The molecular formula is C15H13F4NO. The van der Waals surface area contributed by atoms with E-state index in [0.717, 1.165) is 5.56 Å². The number of alkyl halides is 3. The van der Waals surface area contributed by atoms with Crippen molar-refractivity contribution in [3.63, 3.8) is 0 Å². The SMILES string of the molecule is Fc1ccc(CNc2ccccc2OCC(F)(F)F)cc1. The van der Waals surface area contributed by atoms with Crippen LogP contribution in [0.2, 0.25) is 0 Å². The van der Waals surface area contributed by atoms with E-state index in [0.29, 0.717) is 12.2 Å². The zero-order chi connectivity index (χ0) is 15.3. The fourth-order valence-electron chi connectivity index (χ4n) is 1.70. The molecular weight excluding hydrogens is 286 g/mol. The number of hydrogen-bond acceptors (Lipinski definition) is 2. The molecule has 2 nitrogen and oxygen atoms in total. The summed E-state index contributed by atoms with van der Waals surface area (Å²) in [4.78, 5) is 0. The molecule has 0 heterocycles. The van der Waals surface area contributed by atoms with Crippen molar-refractivity contribution in [1.29, 1.82) is 0 Å². The van der Waals surface area contributed by atoms with Gasteiger partial charge in [-0.15, -0.1) is 0 Å². The van der Waals surface area contributed by atoms with Crippen molar-refractivity contribution in [1.82, 2.24) is 0 Å². The highest BCUT2D eigenvalue weighted by Crippen LogP contribution is 2.26. The third-order valence-electron chi connectivity index (χ3n) is 2.67. The maximum absolute atomic E-state index is 12.8. The first-order valence-corrected chi connectivity index (χ1v) is 6.21. The summed E-state index contributed by atoms with van der Waals surface area (Å²) < 4.78 is 54.1. The lowest BCUT2D eigenvalue weighted by Crippen LogP contribution is -2.19. The van der Waals surface area contributed by atoms with Gasteiger partial charge in [0.2, 0.25) is 0 Å². The van der Waals surface area contributed by atoms with Gasteiger partial charge in [0.1, 0.15) is 11.6 Å². The molecule has 0 aliphatic carbocycles. The van der Waals surface area contributed by atoms with Gasteiger partial charge in [0.05, 0.1) is 5.69 Å². The molecule has 2 aromatic carbocycles. The number of rotatable bonds is 5. The normalized spacial score (nSPS) is 11.2. The number of hydrogen-bond donors (Lipinski definition) is 1. The quantitative estimate of drug-likeness (QED) is 0.827. The van der Waals surface area contributed by atoms with Gasteiger partial charge in [-0.25, -0.2) is 4.39 Å². The third kappa shape index (κ3) is 4.98. The van der Waals surface area contributed by atoms with Crippen LogP contribution in [0.5, 0.6) is 5.75 Å². The molecule has 2 aromatic rings. The maximum Gasteiger partial charge on any atom is 0.422 e. The minimum absolute atomic E-state index is 0.122. The summed E-state index contributed by atoms with van der Waals surface area (Å²) in [5, 5.41) is 2.97. The van der Waals surface area contributed by atoms with E-state index in [-0.39, 0.29) is 11.6 Å². The van der Waals surface area contributed by atoms with Gasteiger partial charge >= 0.3 is 6.18 Å². The van der Waals surface area contributed by atoms with Crippen LogP contribution in [0.4, 0.5) is 23.2 Å². The Kier molecular flexibility index (Phi) is 4.67. The Hall–Kier alpha value is -2.24. The number of anilines is 1. The second-order valence-electron chi connectivity index (χ2n) is 4.38. The first kappa shape index (κ1) is 15.2. The molecule has 6 heteroatoms. The van der Waals surface area contributed by atoms with Crippen molar-refractivity contribution in [3.05, 3.63) is 59.9 Å². The van der Waals surface area contributed by atoms with E-state index in [1.54, 1.807) is 30.3 Å². The second kappa shape index (κ2) is 6.47. The minimum Gasteiger partial charge on any atom is -0.482 e. The Morgan fingerprint density at radius 1 is 0.952 bits per heavy atom. The van der Waals surface area contributed by atoms with Gasteiger partial charge in [-0.3, -0.25) is 0 Å². The number of nitrogens with one attached hydrogen (secondary N) is 1. The summed E-state index contributed by atoms with van der Waals surface area (Å²) in [6.45, 7) is -0.991. The highest BCUT2D eigenvalue weighted by molar-refractivity contribution is 5.56. The lowest BCUT2D eigenvalue weighted by atomic mass is 10.2. The molecule has 0 saturated heterocycles. The molecule has 0 saturated carbocycles. The minimum atomic E-state index is -4.38. The molecule has 2 rings (SSSR count). The fourth-order valence-corrected chi connectivity index (χ4v) is 1.70. The van der Waals surface area contributed by atoms with Gasteiger partial charge in [0.25, 0.3) is 0 Å². The second-order valence-corrected chi connectivity index (χ2v) is 4.38. The molecule has 0 aliphatic rings. The Morgan fingerprint density at radius 2 is 1.62 bits per heavy atom. The van der Waals surface area contributed by atoms with Crippen LogP contribution in [-0.4, -0.2) is 12.8 Å². The zero-order valence-corrected chi connectivity index (χ0v) is 11.0. The first-order chi connectivity index (χ1) is 9.94. The molecule has 0 radical (unpaired) electrons. The highest BCUT2D eigenvalue weighted by Gasteiger charge is 2.28. The van der Waals surface area contributed by atoms with Crippen molar-refractivity contribution in [2.24, 2.45) is 0 Å². The van der Waals surface area contributed by atoms with Gasteiger partial charge in [0.15, 0.2) is 6.61 Å². The Balaban J connectivity index is 2.01. The van der Waals surface area contributed by atoms with Gasteiger partial charge < -0.3 is 10.1 Å². The Bertz CT molecular complexity index is 581. The van der Waals surface area contributed by atoms with Crippen molar-refractivity contribution < 1.29 is 22.3 Å². The molecule has 0 fully saturated rings. The lowest BCUT2D eigenvalue weighted by Gasteiger charge is -2.14. The number of halogens is 4. The molecule has 0 bridgehead atoms. The number of benzene rings is 2. The topological polar surface area (TPSA) is 21.3 Å². The smallest absolute Gasteiger partial charge is 0.422 e. The van der Waals surface area contributed by atoms with Gasteiger partial charge in [0, 0.05) is 6.54 Å². The predicted octanol–water partition coefficient (Wildman–Crippen LogP) is 4.38. The van der Waals surface area contributed by atoms with Gasteiger partial charge in [-0.1, -0.05) is 24.3 Å². The summed E-state index contributed by atoms with van der Waals surface area (Å²) in [5.41, 5.74) is 1.26. The van der Waals surface area contributed by atoms with E-state index in [1.807, 2.05) is 0 Å². The van der Waals surface area contributed by atoms with Crippen LogP contribution in [0.3, 0.4) is 0 Å². The third-order valence-corrected chi connectivity index (χ3v) is 2.67. The van der Waals surface area contributed by atoms with Crippen LogP contribution in [0, 0.1) is 5.82 Å². The van der Waals surface area contributed by atoms with Crippen LogP contribution < -0.4 is 10.1 Å². The maximum atomic E-state index is 12.8. The molecule has 21 heavy (non-hydrogen) atoms. The van der Waals surface area contributed by atoms with E-state index in [9.17, 15) is 17.6 Å². The van der Waals surface area contributed by atoms with E-state index >= 15 is 0 Å². The fraction of sp³-hybridized carbons (Fsp3) is 0.200. The van der Waals surface area contributed by atoms with Crippen LogP contribution >= 0.6 is 0 Å². The molecule has 1 N–H and O–H groups in total. The average Bonchev–Trinajstić information content (AvgIpc) is 2.44. The molecule has 0 unspecified atom stereocenters. The monoisotopic (exact) mass is 299 g/mol. The largest absolute Gasteiger partial charge is 0.482 e. The summed E-state index contributed by atoms with van der Waals surface area (Å²) in [6.07, 6.45) is -4.38. The average molecular weight is 299 g/mol. The lowest BCUT2D eigenvalue weighted by molar-refractivity contribution is -0.153. The molecule has 0 spiro atoms. The summed E-state index contributed by atoms with van der Waals surface area (Å²) >= 11 is 0. The molecule has 0 aliphatic heterocycles. The predicted molar refractivity (Wildman–Crippen MR) is 71.7 cm³/mol. The standard InChI is InChI=1S/C15H13F4NO/c16-12-7-5-11(6-8-12)9-20-13-3-1-2-4-14(13)21-10-15(17,18)19/h1-8,20H,9-10H2. The summed E-state index contributed by atoms with van der Waals surface area (Å²) in [6, 6.07) is 12.2. The van der Waals surface area contributed by atoms with Crippen molar-refractivity contribution in [2.45, 2.75) is 12.7 Å². The highest BCUT2D eigenvalue weighted by atomic mass is 19.4. The Labute approximate surface area is 119 Å². The van der Waals surface area contributed by atoms with E-state index in [4.69, 9.17) is 4.74 Å². The van der Waals surface area contributed by atoms with Crippen LogP contribution in [0.15, 0.2) is 48.5 Å². The molecule has 112 valence electrons. The van der Waals surface area contributed by atoms with Gasteiger partial charge in [-0.05, 0) is 29.8 Å². The summed E-state index contributed by atoms with van der Waals surface area (Å²) in [5.74, 6) is -0.218. The first-order valence-electron chi connectivity index (χ1n) is 6.21. The molecule has 0 atom stereocenters. The van der Waals surface area contributed by atoms with Crippen LogP contribution in [0.1, 0.15) is 5.56 Å². The number of ether oxygens (including phenoxy) is 1. The molecule has 0 aromatic heterocycles. The number of para-hydroxylation sites is 2. The van der Waals surface area contributed by atoms with Gasteiger partial charge in [-0.2, -0.15) is 13.2 Å². The Morgan fingerprint density at radius 3 is 2.29 bits per heavy atom. The van der Waals surface area contributed by atoms with E-state index in [1.165, 1.54) is 18.2 Å². The van der Waals surface area contributed by atoms with Crippen molar-refractivity contribution in [3.8, 4) is 5.75 Å². The van der Waals surface area contributed by atoms with Crippen LogP contribution in [-0.2, 0) is 6.54 Å². The van der Waals surface area contributed by atoms with E-state index < -0.39 is 12.8 Å². The van der Waals surface area contributed by atoms with E-state index in [2.05, 4.69) is 5.32 Å². The zero-order valence-electron chi connectivity index (χ0n) is 11.0. The summed E-state index contributed by atoms with van der Waals surface area (Å²) in [7, 11) is 0.